The van der Waals surface area contributed by atoms with Gasteiger partial charge in [-0.1, -0.05) is 6.07 Å². The van der Waals surface area contributed by atoms with E-state index in [0.717, 1.165) is 29.9 Å². The standard InChI is InChI=1S/C22H22N4O2/c1-14-12-15(2)26(25-14)20-10-8-17(9-11-20)22(28)24-19-5-3-4-18(13-19)23-21(27)16-6-7-16/h3-5,8-13,16H,6-7H2,1-2H3,(H,23,27)(H,24,28). The highest BCUT2D eigenvalue weighted by molar-refractivity contribution is 6.04. The number of carbonyl (C=O) groups excluding carboxylic acids is 2. The van der Waals surface area contributed by atoms with Gasteiger partial charge >= 0.3 is 0 Å². The number of hydrogen-bond acceptors (Lipinski definition) is 3. The monoisotopic (exact) mass is 374 g/mol. The number of aromatic nitrogens is 2. The van der Waals surface area contributed by atoms with Crippen LogP contribution in [-0.2, 0) is 4.79 Å². The molecule has 2 aromatic carbocycles. The molecule has 2 N–H and O–H groups in total. The lowest BCUT2D eigenvalue weighted by molar-refractivity contribution is -0.117. The molecule has 2 amide bonds. The lowest BCUT2D eigenvalue weighted by Crippen LogP contribution is -2.14. The predicted octanol–water partition coefficient (Wildman–Crippen LogP) is 4.09. The molecular formula is C22H22N4O2. The maximum absolute atomic E-state index is 12.6. The quantitative estimate of drug-likeness (QED) is 0.706. The first-order valence-corrected chi connectivity index (χ1v) is 9.35. The molecule has 4 rings (SSSR count). The van der Waals surface area contributed by atoms with E-state index in [4.69, 9.17) is 0 Å². The third kappa shape index (κ3) is 3.96. The second-order valence-corrected chi connectivity index (χ2v) is 7.18. The molecule has 0 radical (unpaired) electrons. The Balaban J connectivity index is 1.44. The molecule has 1 aliphatic rings. The van der Waals surface area contributed by atoms with Gasteiger partial charge in [0.25, 0.3) is 5.91 Å². The largest absolute Gasteiger partial charge is 0.326 e. The van der Waals surface area contributed by atoms with Crippen LogP contribution in [0.1, 0.15) is 34.6 Å². The number of anilines is 2. The van der Waals surface area contributed by atoms with E-state index in [1.165, 1.54) is 0 Å². The topological polar surface area (TPSA) is 76.0 Å². The van der Waals surface area contributed by atoms with Gasteiger partial charge in [0, 0.05) is 28.6 Å². The van der Waals surface area contributed by atoms with Crippen LogP contribution in [0.15, 0.2) is 54.6 Å². The second kappa shape index (κ2) is 7.31. The van der Waals surface area contributed by atoms with Crippen LogP contribution >= 0.6 is 0 Å². The molecular weight excluding hydrogens is 352 g/mol. The van der Waals surface area contributed by atoms with Crippen molar-refractivity contribution in [1.29, 1.82) is 0 Å². The van der Waals surface area contributed by atoms with E-state index in [9.17, 15) is 9.59 Å². The molecule has 1 heterocycles. The number of benzene rings is 2. The van der Waals surface area contributed by atoms with E-state index in [0.29, 0.717) is 16.9 Å². The van der Waals surface area contributed by atoms with Crippen molar-refractivity contribution in [2.45, 2.75) is 26.7 Å². The van der Waals surface area contributed by atoms with E-state index < -0.39 is 0 Å². The van der Waals surface area contributed by atoms with Gasteiger partial charge in [-0.25, -0.2) is 4.68 Å². The summed E-state index contributed by atoms with van der Waals surface area (Å²) in [7, 11) is 0. The first-order chi connectivity index (χ1) is 13.5. The van der Waals surface area contributed by atoms with Crippen molar-refractivity contribution in [1.82, 2.24) is 9.78 Å². The van der Waals surface area contributed by atoms with Crippen LogP contribution in [0.3, 0.4) is 0 Å². The number of rotatable bonds is 5. The van der Waals surface area contributed by atoms with Crippen molar-refractivity contribution in [3.63, 3.8) is 0 Å². The highest BCUT2D eigenvalue weighted by Gasteiger charge is 2.29. The van der Waals surface area contributed by atoms with E-state index in [-0.39, 0.29) is 17.7 Å². The molecule has 0 spiro atoms. The molecule has 0 atom stereocenters. The summed E-state index contributed by atoms with van der Waals surface area (Å²) in [5.41, 5.74) is 4.79. The van der Waals surface area contributed by atoms with Gasteiger partial charge in [0.2, 0.25) is 5.91 Å². The molecule has 1 aromatic heterocycles. The van der Waals surface area contributed by atoms with Crippen LogP contribution in [-0.4, -0.2) is 21.6 Å². The molecule has 1 saturated carbocycles. The first-order valence-electron chi connectivity index (χ1n) is 9.35. The summed E-state index contributed by atoms with van der Waals surface area (Å²) < 4.78 is 1.85. The summed E-state index contributed by atoms with van der Waals surface area (Å²) in [6.45, 7) is 3.95. The molecule has 28 heavy (non-hydrogen) atoms. The van der Waals surface area contributed by atoms with E-state index >= 15 is 0 Å². The lowest BCUT2D eigenvalue weighted by atomic mass is 10.2. The number of nitrogens with zero attached hydrogens (tertiary/aromatic N) is 2. The average Bonchev–Trinajstić information content (AvgIpc) is 3.47. The SMILES string of the molecule is Cc1cc(C)n(-c2ccc(C(=O)Nc3cccc(NC(=O)C4CC4)c3)cc2)n1. The number of hydrogen-bond donors (Lipinski definition) is 2. The minimum atomic E-state index is -0.203. The Morgan fingerprint density at radius 3 is 2.25 bits per heavy atom. The zero-order valence-corrected chi connectivity index (χ0v) is 15.9. The van der Waals surface area contributed by atoms with Crippen LogP contribution in [0.5, 0.6) is 0 Å². The predicted molar refractivity (Wildman–Crippen MR) is 109 cm³/mol. The van der Waals surface area contributed by atoms with Crippen LogP contribution in [0.2, 0.25) is 0 Å². The summed E-state index contributed by atoms with van der Waals surface area (Å²) in [5.74, 6) is -0.0206. The second-order valence-electron chi connectivity index (χ2n) is 7.18. The van der Waals surface area contributed by atoms with Gasteiger partial charge in [-0.15, -0.1) is 0 Å². The summed E-state index contributed by atoms with van der Waals surface area (Å²) in [6, 6.07) is 16.5. The minimum absolute atomic E-state index is 0.0446. The zero-order valence-electron chi connectivity index (χ0n) is 15.9. The van der Waals surface area contributed by atoms with Crippen molar-refractivity contribution in [3.05, 3.63) is 71.5 Å². The van der Waals surface area contributed by atoms with E-state index in [1.54, 1.807) is 24.3 Å². The third-order valence-electron chi connectivity index (χ3n) is 4.72. The number of carbonyl (C=O) groups is 2. The molecule has 1 fully saturated rings. The average molecular weight is 374 g/mol. The van der Waals surface area contributed by atoms with Crippen molar-refractivity contribution in [2.24, 2.45) is 5.92 Å². The van der Waals surface area contributed by atoms with Crippen molar-refractivity contribution in [3.8, 4) is 5.69 Å². The summed E-state index contributed by atoms with van der Waals surface area (Å²) in [6.07, 6.45) is 1.91. The Labute approximate surface area is 163 Å². The Morgan fingerprint density at radius 2 is 1.64 bits per heavy atom. The molecule has 142 valence electrons. The van der Waals surface area contributed by atoms with Gasteiger partial charge in [-0.2, -0.15) is 5.10 Å². The van der Waals surface area contributed by atoms with Crippen LogP contribution in [0, 0.1) is 19.8 Å². The zero-order chi connectivity index (χ0) is 19.7. The van der Waals surface area contributed by atoms with Crippen LogP contribution in [0.4, 0.5) is 11.4 Å². The van der Waals surface area contributed by atoms with Crippen LogP contribution in [0.25, 0.3) is 5.69 Å². The maximum Gasteiger partial charge on any atom is 0.255 e. The van der Waals surface area contributed by atoms with E-state index in [1.807, 2.05) is 48.9 Å². The first kappa shape index (κ1) is 18.0. The molecule has 6 nitrogen and oxygen atoms in total. The van der Waals surface area contributed by atoms with Gasteiger partial charge in [0.15, 0.2) is 0 Å². The van der Waals surface area contributed by atoms with Crippen molar-refractivity contribution >= 4 is 23.2 Å². The number of amides is 2. The fourth-order valence-electron chi connectivity index (χ4n) is 3.11. The van der Waals surface area contributed by atoms with Gasteiger partial charge in [-0.05, 0) is 75.2 Å². The Morgan fingerprint density at radius 1 is 0.964 bits per heavy atom. The minimum Gasteiger partial charge on any atom is -0.326 e. The molecule has 1 aliphatic carbocycles. The third-order valence-corrected chi connectivity index (χ3v) is 4.72. The van der Waals surface area contributed by atoms with Gasteiger partial charge < -0.3 is 10.6 Å². The summed E-state index contributed by atoms with van der Waals surface area (Å²) >= 11 is 0. The molecule has 0 saturated heterocycles. The Kier molecular flexibility index (Phi) is 4.69. The Bertz CT molecular complexity index is 1030. The Hall–Kier alpha value is -3.41. The maximum atomic E-state index is 12.6. The molecule has 0 unspecified atom stereocenters. The molecule has 0 aliphatic heterocycles. The highest BCUT2D eigenvalue weighted by Crippen LogP contribution is 2.30. The summed E-state index contributed by atoms with van der Waals surface area (Å²) in [4.78, 5) is 24.5. The molecule has 0 bridgehead atoms. The van der Waals surface area contributed by atoms with Gasteiger partial charge in [0.1, 0.15) is 0 Å². The van der Waals surface area contributed by atoms with Gasteiger partial charge in [-0.3, -0.25) is 9.59 Å². The summed E-state index contributed by atoms with van der Waals surface area (Å²) in [5, 5.41) is 10.2. The van der Waals surface area contributed by atoms with E-state index in [2.05, 4.69) is 15.7 Å². The molecule has 6 heteroatoms. The number of aryl methyl sites for hydroxylation is 2. The van der Waals surface area contributed by atoms with Crippen molar-refractivity contribution < 1.29 is 9.59 Å². The number of nitrogens with one attached hydrogen (secondary N) is 2. The highest BCUT2D eigenvalue weighted by atomic mass is 16.2. The van der Waals surface area contributed by atoms with Crippen molar-refractivity contribution in [2.75, 3.05) is 10.6 Å². The van der Waals surface area contributed by atoms with Gasteiger partial charge in [0.05, 0.1) is 11.4 Å². The smallest absolute Gasteiger partial charge is 0.255 e. The molecule has 3 aromatic rings. The normalized spacial score (nSPS) is 13.2. The fraction of sp³-hybridized carbons (Fsp3) is 0.227. The fourth-order valence-corrected chi connectivity index (χ4v) is 3.11. The van der Waals surface area contributed by atoms with Crippen LogP contribution < -0.4 is 10.6 Å². The lowest BCUT2D eigenvalue weighted by Gasteiger charge is -2.09.